The summed E-state index contributed by atoms with van der Waals surface area (Å²) >= 11 is 12.0. The van der Waals surface area contributed by atoms with Gasteiger partial charge in [0.25, 0.3) is 0 Å². The number of hydrogen-bond donors (Lipinski definition) is 1. The van der Waals surface area contributed by atoms with Crippen LogP contribution in [-0.2, 0) is 11.3 Å². The van der Waals surface area contributed by atoms with E-state index in [-0.39, 0.29) is 11.3 Å². The number of carbonyl (C=O) groups is 1. The molecule has 2 aliphatic rings. The smallest absolute Gasteiger partial charge is 0.308 e. The molecule has 0 amide bonds. The first kappa shape index (κ1) is 16.1. The van der Waals surface area contributed by atoms with Gasteiger partial charge in [-0.25, -0.2) is 0 Å². The molecule has 1 aliphatic heterocycles. The van der Waals surface area contributed by atoms with E-state index in [4.69, 9.17) is 23.2 Å². The van der Waals surface area contributed by atoms with Crippen LogP contribution < -0.4 is 0 Å². The third kappa shape index (κ3) is 3.12. The molecule has 3 nitrogen and oxygen atoms in total. The molecule has 0 unspecified atom stereocenters. The van der Waals surface area contributed by atoms with Gasteiger partial charge in [0.15, 0.2) is 0 Å². The topological polar surface area (TPSA) is 40.5 Å². The third-order valence-corrected chi connectivity index (χ3v) is 6.00. The van der Waals surface area contributed by atoms with Crippen molar-refractivity contribution in [1.82, 2.24) is 4.90 Å². The number of halogens is 2. The van der Waals surface area contributed by atoms with Crippen LogP contribution >= 0.6 is 23.2 Å². The van der Waals surface area contributed by atoms with Crippen molar-refractivity contribution in [2.24, 2.45) is 11.3 Å². The Balaban J connectivity index is 1.75. The van der Waals surface area contributed by atoms with E-state index in [0.717, 1.165) is 44.3 Å². The standard InChI is InChI=1S/C17H21Cl2NO2/c18-14-5-4-12(8-15(14)19)9-20-10-13(16(21)22)17(11-20)6-2-1-3-7-17/h4-5,8,13H,1-3,6-7,9-11H2,(H,21,22)/t13-/m1/s1. The Morgan fingerprint density at radius 1 is 1.23 bits per heavy atom. The van der Waals surface area contributed by atoms with Crippen molar-refractivity contribution in [3.05, 3.63) is 33.8 Å². The van der Waals surface area contributed by atoms with Crippen LogP contribution in [0.3, 0.4) is 0 Å². The first-order chi connectivity index (χ1) is 10.5. The van der Waals surface area contributed by atoms with Crippen LogP contribution in [0.15, 0.2) is 18.2 Å². The van der Waals surface area contributed by atoms with Gasteiger partial charge in [-0.1, -0.05) is 48.5 Å². The second-order valence-electron chi connectivity index (χ2n) is 6.73. The largest absolute Gasteiger partial charge is 0.481 e. The molecule has 0 bridgehead atoms. The van der Waals surface area contributed by atoms with Crippen molar-refractivity contribution in [2.75, 3.05) is 13.1 Å². The lowest BCUT2D eigenvalue weighted by molar-refractivity contribution is -0.145. The number of carboxylic acids is 1. The minimum Gasteiger partial charge on any atom is -0.481 e. The molecule has 1 aromatic carbocycles. The van der Waals surface area contributed by atoms with E-state index >= 15 is 0 Å². The highest BCUT2D eigenvalue weighted by Crippen LogP contribution is 2.48. The van der Waals surface area contributed by atoms with Gasteiger partial charge in [-0.3, -0.25) is 9.69 Å². The Morgan fingerprint density at radius 2 is 1.95 bits per heavy atom. The monoisotopic (exact) mass is 341 g/mol. The molecule has 3 rings (SSSR count). The summed E-state index contributed by atoms with van der Waals surface area (Å²) in [6.45, 7) is 2.25. The van der Waals surface area contributed by atoms with Crippen LogP contribution in [-0.4, -0.2) is 29.1 Å². The predicted molar refractivity (Wildman–Crippen MR) is 88.4 cm³/mol. The first-order valence-corrected chi connectivity index (χ1v) is 8.65. The second-order valence-corrected chi connectivity index (χ2v) is 7.55. The molecule has 1 saturated carbocycles. The maximum Gasteiger partial charge on any atom is 0.308 e. The van der Waals surface area contributed by atoms with E-state index in [0.29, 0.717) is 16.6 Å². The number of aliphatic carboxylic acids is 1. The highest BCUT2D eigenvalue weighted by atomic mass is 35.5. The first-order valence-electron chi connectivity index (χ1n) is 7.89. The minimum atomic E-state index is -0.640. The molecular weight excluding hydrogens is 321 g/mol. The summed E-state index contributed by atoms with van der Waals surface area (Å²) in [7, 11) is 0. The highest BCUT2D eigenvalue weighted by molar-refractivity contribution is 6.42. The number of hydrogen-bond acceptors (Lipinski definition) is 2. The van der Waals surface area contributed by atoms with Gasteiger partial charge in [-0.15, -0.1) is 0 Å². The van der Waals surface area contributed by atoms with Crippen LogP contribution in [0.2, 0.25) is 10.0 Å². The Labute approximate surface area is 141 Å². The lowest BCUT2D eigenvalue weighted by atomic mass is 9.68. The van der Waals surface area contributed by atoms with Crippen molar-refractivity contribution in [3.8, 4) is 0 Å². The highest BCUT2D eigenvalue weighted by Gasteiger charge is 2.50. The van der Waals surface area contributed by atoms with Crippen molar-refractivity contribution < 1.29 is 9.90 Å². The Bertz CT molecular complexity index is 570. The molecule has 1 N–H and O–H groups in total. The maximum absolute atomic E-state index is 11.7. The van der Waals surface area contributed by atoms with Gasteiger partial charge in [0.2, 0.25) is 0 Å². The Kier molecular flexibility index (Phi) is 4.67. The average Bonchev–Trinajstić information content (AvgIpc) is 2.82. The van der Waals surface area contributed by atoms with Crippen molar-refractivity contribution >= 4 is 29.2 Å². The molecular formula is C17H21Cl2NO2. The molecule has 22 heavy (non-hydrogen) atoms. The van der Waals surface area contributed by atoms with Gasteiger partial charge >= 0.3 is 5.97 Å². The van der Waals surface area contributed by atoms with Gasteiger partial charge in [-0.2, -0.15) is 0 Å². The second kappa shape index (κ2) is 6.38. The zero-order valence-corrected chi connectivity index (χ0v) is 14.0. The van der Waals surface area contributed by atoms with E-state index in [1.807, 2.05) is 12.1 Å². The van der Waals surface area contributed by atoms with Gasteiger partial charge in [0, 0.05) is 19.6 Å². The van der Waals surface area contributed by atoms with E-state index in [1.165, 1.54) is 6.42 Å². The van der Waals surface area contributed by atoms with E-state index in [9.17, 15) is 9.90 Å². The van der Waals surface area contributed by atoms with Gasteiger partial charge in [0.1, 0.15) is 0 Å². The molecule has 0 aromatic heterocycles. The minimum absolute atomic E-state index is 0.0275. The maximum atomic E-state index is 11.7. The number of likely N-dealkylation sites (tertiary alicyclic amines) is 1. The van der Waals surface area contributed by atoms with Crippen molar-refractivity contribution in [1.29, 1.82) is 0 Å². The van der Waals surface area contributed by atoms with Crippen molar-refractivity contribution in [3.63, 3.8) is 0 Å². The molecule has 5 heteroatoms. The molecule has 2 fully saturated rings. The summed E-state index contributed by atoms with van der Waals surface area (Å²) in [4.78, 5) is 14.0. The summed E-state index contributed by atoms with van der Waals surface area (Å²) < 4.78 is 0. The zero-order chi connectivity index (χ0) is 15.7. The molecule has 1 atom stereocenters. The number of nitrogens with zero attached hydrogens (tertiary/aromatic N) is 1. The summed E-state index contributed by atoms with van der Waals surface area (Å²) in [6, 6.07) is 5.65. The quantitative estimate of drug-likeness (QED) is 0.882. The molecule has 1 saturated heterocycles. The summed E-state index contributed by atoms with van der Waals surface area (Å²) in [6.07, 6.45) is 5.64. The lowest BCUT2D eigenvalue weighted by Gasteiger charge is -2.36. The molecule has 1 aliphatic carbocycles. The molecule has 1 heterocycles. The van der Waals surface area contributed by atoms with Crippen LogP contribution in [0, 0.1) is 11.3 Å². The van der Waals surface area contributed by atoms with Crippen LogP contribution in [0.25, 0.3) is 0 Å². The third-order valence-electron chi connectivity index (χ3n) is 5.26. The average molecular weight is 342 g/mol. The Morgan fingerprint density at radius 3 is 2.59 bits per heavy atom. The zero-order valence-electron chi connectivity index (χ0n) is 12.5. The summed E-state index contributed by atoms with van der Waals surface area (Å²) in [5.74, 6) is -0.880. The fourth-order valence-electron chi connectivity index (χ4n) is 4.19. The van der Waals surface area contributed by atoms with E-state index in [1.54, 1.807) is 6.07 Å². The van der Waals surface area contributed by atoms with E-state index in [2.05, 4.69) is 4.90 Å². The van der Waals surface area contributed by atoms with Crippen LogP contribution in [0.1, 0.15) is 37.7 Å². The SMILES string of the molecule is O=C(O)[C@H]1CN(Cc2ccc(Cl)c(Cl)c2)CC12CCCCC2. The number of carboxylic acid groups (broad SMARTS) is 1. The molecule has 120 valence electrons. The van der Waals surface area contributed by atoms with Gasteiger partial charge in [-0.05, 0) is 36.0 Å². The number of benzene rings is 1. The molecule has 1 spiro atoms. The molecule has 0 radical (unpaired) electrons. The predicted octanol–water partition coefficient (Wildman–Crippen LogP) is 4.46. The summed E-state index contributed by atoms with van der Waals surface area (Å²) in [5, 5.41) is 10.7. The fourth-order valence-corrected chi connectivity index (χ4v) is 4.51. The molecule has 1 aromatic rings. The van der Waals surface area contributed by atoms with E-state index < -0.39 is 5.97 Å². The van der Waals surface area contributed by atoms with Crippen molar-refractivity contribution in [2.45, 2.75) is 38.6 Å². The lowest BCUT2D eigenvalue weighted by Crippen LogP contribution is -2.36. The number of rotatable bonds is 3. The van der Waals surface area contributed by atoms with Crippen LogP contribution in [0.5, 0.6) is 0 Å². The van der Waals surface area contributed by atoms with Gasteiger partial charge < -0.3 is 5.11 Å². The van der Waals surface area contributed by atoms with Crippen LogP contribution in [0.4, 0.5) is 0 Å². The summed E-state index contributed by atoms with van der Waals surface area (Å²) in [5.41, 5.74) is 1.06. The normalized spacial score (nSPS) is 24.7. The van der Waals surface area contributed by atoms with Gasteiger partial charge in [0.05, 0.1) is 16.0 Å². The Hall–Kier alpha value is -0.770. The fraction of sp³-hybridized carbons (Fsp3) is 0.588.